The molecule has 2 rings (SSSR count). The molecular formula is C17H26N4O2S. The molecule has 1 fully saturated rings. The lowest BCUT2D eigenvalue weighted by Gasteiger charge is -2.22. The lowest BCUT2D eigenvalue weighted by atomic mass is 9.86. The number of sulfone groups is 1. The fourth-order valence-corrected chi connectivity index (χ4v) is 3.50. The van der Waals surface area contributed by atoms with E-state index in [1.54, 1.807) is 37.4 Å². The van der Waals surface area contributed by atoms with Gasteiger partial charge in [0, 0.05) is 36.7 Å². The molecule has 1 saturated carbocycles. The van der Waals surface area contributed by atoms with Crippen molar-refractivity contribution in [1.29, 1.82) is 5.41 Å². The lowest BCUT2D eigenvalue weighted by Crippen LogP contribution is -2.31. The first-order valence-corrected chi connectivity index (χ1v) is 10.1. The second-order valence-corrected chi connectivity index (χ2v) is 8.16. The van der Waals surface area contributed by atoms with Crippen molar-refractivity contribution in [2.45, 2.75) is 37.0 Å². The third-order valence-electron chi connectivity index (χ3n) is 4.17. The normalized spacial score (nSPS) is 16.7. The summed E-state index contributed by atoms with van der Waals surface area (Å²) in [6, 6.07) is 6.57. The number of hydrogen-bond donors (Lipinski definition) is 4. The number of anilines is 1. The highest BCUT2D eigenvalue weighted by Crippen LogP contribution is 2.25. The Bertz CT molecular complexity index is 690. The van der Waals surface area contributed by atoms with Crippen LogP contribution in [0.5, 0.6) is 0 Å². The lowest BCUT2D eigenvalue weighted by molar-refractivity contribution is 0.439. The van der Waals surface area contributed by atoms with Crippen LogP contribution in [-0.4, -0.2) is 27.4 Å². The fourth-order valence-electron chi connectivity index (χ4n) is 2.87. The number of nitrogens with one attached hydrogen (secondary N) is 4. The monoisotopic (exact) mass is 350 g/mol. The molecule has 0 aliphatic heterocycles. The van der Waals surface area contributed by atoms with Crippen molar-refractivity contribution in [3.05, 3.63) is 36.2 Å². The van der Waals surface area contributed by atoms with Crippen LogP contribution in [-0.2, 0) is 9.84 Å². The number of benzene rings is 1. The minimum absolute atomic E-state index is 0.287. The van der Waals surface area contributed by atoms with E-state index in [0.717, 1.165) is 18.5 Å². The Balaban J connectivity index is 2.09. The van der Waals surface area contributed by atoms with Crippen LogP contribution in [0.2, 0.25) is 0 Å². The molecule has 0 unspecified atom stereocenters. The Morgan fingerprint density at radius 3 is 2.33 bits per heavy atom. The zero-order valence-electron chi connectivity index (χ0n) is 14.2. The Labute approximate surface area is 144 Å². The smallest absolute Gasteiger partial charge is 0.175 e. The van der Waals surface area contributed by atoms with Gasteiger partial charge in [0.15, 0.2) is 9.84 Å². The summed E-state index contributed by atoms with van der Waals surface area (Å²) in [7, 11) is -1.44. The van der Waals surface area contributed by atoms with Gasteiger partial charge in [-0.15, -0.1) is 0 Å². The third-order valence-corrected chi connectivity index (χ3v) is 5.29. The van der Waals surface area contributed by atoms with E-state index in [2.05, 4.69) is 16.2 Å². The summed E-state index contributed by atoms with van der Waals surface area (Å²) < 4.78 is 23.0. The Morgan fingerprint density at radius 2 is 1.79 bits per heavy atom. The topological polar surface area (TPSA) is 94.1 Å². The first-order valence-electron chi connectivity index (χ1n) is 8.20. The molecule has 0 heterocycles. The summed E-state index contributed by atoms with van der Waals surface area (Å²) in [5.41, 5.74) is 7.22. The predicted molar refractivity (Wildman–Crippen MR) is 97.8 cm³/mol. The van der Waals surface area contributed by atoms with Crippen LogP contribution < -0.4 is 16.2 Å². The van der Waals surface area contributed by atoms with Crippen LogP contribution in [0.15, 0.2) is 41.1 Å². The molecular weight excluding hydrogens is 324 g/mol. The minimum Gasteiger partial charge on any atom is -0.341 e. The third kappa shape index (κ3) is 5.35. The first-order chi connectivity index (χ1) is 11.4. The summed E-state index contributed by atoms with van der Waals surface area (Å²) in [6.45, 7) is 0. The number of hydrogen-bond acceptors (Lipinski definition) is 6. The van der Waals surface area contributed by atoms with E-state index in [0.29, 0.717) is 17.5 Å². The van der Waals surface area contributed by atoms with Crippen molar-refractivity contribution in [1.82, 2.24) is 10.9 Å². The summed E-state index contributed by atoms with van der Waals surface area (Å²) in [6.07, 6.45) is 8.79. The van der Waals surface area contributed by atoms with Crippen molar-refractivity contribution in [3.63, 3.8) is 0 Å². The van der Waals surface area contributed by atoms with Gasteiger partial charge >= 0.3 is 0 Å². The largest absolute Gasteiger partial charge is 0.341 e. The van der Waals surface area contributed by atoms with E-state index in [-0.39, 0.29) is 4.90 Å². The molecule has 24 heavy (non-hydrogen) atoms. The molecule has 0 atom stereocenters. The average Bonchev–Trinajstić information content (AvgIpc) is 2.55. The van der Waals surface area contributed by atoms with Crippen LogP contribution in [0.4, 0.5) is 5.69 Å². The maximum atomic E-state index is 11.5. The van der Waals surface area contributed by atoms with E-state index in [9.17, 15) is 8.42 Å². The van der Waals surface area contributed by atoms with Crippen molar-refractivity contribution in [2.75, 3.05) is 18.6 Å². The van der Waals surface area contributed by atoms with Gasteiger partial charge in [0.1, 0.15) is 5.82 Å². The molecule has 0 amide bonds. The molecule has 1 aromatic carbocycles. The Morgan fingerprint density at radius 1 is 1.17 bits per heavy atom. The molecule has 1 aliphatic carbocycles. The zero-order valence-corrected chi connectivity index (χ0v) is 15.0. The molecule has 4 N–H and O–H groups in total. The van der Waals surface area contributed by atoms with E-state index in [4.69, 9.17) is 5.41 Å². The standard InChI is InChI=1S/C17H26N4O2S/c1-19-21-17(12-16(18)13-6-4-3-5-7-13)20-14-8-10-15(11-9-14)24(2,22)23/h8-13,18-21H,3-7H2,1-2H3/b17-12-,18-16?. The maximum Gasteiger partial charge on any atom is 0.175 e. The van der Waals surface area contributed by atoms with E-state index >= 15 is 0 Å². The molecule has 0 saturated heterocycles. The highest BCUT2D eigenvalue weighted by atomic mass is 32.2. The highest BCUT2D eigenvalue weighted by Gasteiger charge is 2.17. The molecule has 6 nitrogen and oxygen atoms in total. The molecule has 132 valence electrons. The van der Waals surface area contributed by atoms with Gasteiger partial charge in [0.25, 0.3) is 0 Å². The van der Waals surface area contributed by atoms with Crippen molar-refractivity contribution in [3.8, 4) is 0 Å². The van der Waals surface area contributed by atoms with Crippen molar-refractivity contribution in [2.24, 2.45) is 5.92 Å². The average molecular weight is 350 g/mol. The summed E-state index contributed by atoms with van der Waals surface area (Å²) >= 11 is 0. The fraction of sp³-hybridized carbons (Fsp3) is 0.471. The van der Waals surface area contributed by atoms with Gasteiger partial charge in [-0.1, -0.05) is 19.3 Å². The van der Waals surface area contributed by atoms with Gasteiger partial charge in [-0.05, 0) is 37.1 Å². The molecule has 0 aromatic heterocycles. The molecule has 0 bridgehead atoms. The molecule has 0 radical (unpaired) electrons. The first kappa shape index (κ1) is 18.5. The Kier molecular flexibility index (Phi) is 6.39. The van der Waals surface area contributed by atoms with Crippen LogP contribution in [0, 0.1) is 11.3 Å². The van der Waals surface area contributed by atoms with E-state index in [1.807, 2.05) is 0 Å². The molecule has 1 aromatic rings. The zero-order chi connectivity index (χ0) is 17.6. The van der Waals surface area contributed by atoms with Gasteiger partial charge in [0.2, 0.25) is 0 Å². The van der Waals surface area contributed by atoms with Crippen LogP contribution >= 0.6 is 0 Å². The SMILES string of the molecule is CNN/C(=C\C(=N)C1CCCCC1)Nc1ccc(S(C)(=O)=O)cc1. The minimum atomic E-state index is -3.20. The van der Waals surface area contributed by atoms with Gasteiger partial charge in [-0.3, -0.25) is 0 Å². The van der Waals surface area contributed by atoms with E-state index in [1.165, 1.54) is 25.5 Å². The van der Waals surface area contributed by atoms with Crippen molar-refractivity contribution < 1.29 is 8.42 Å². The number of allylic oxidation sites excluding steroid dienone is 1. The predicted octanol–water partition coefficient (Wildman–Crippen LogP) is 2.67. The maximum absolute atomic E-state index is 11.5. The van der Waals surface area contributed by atoms with Gasteiger partial charge in [-0.25, -0.2) is 13.8 Å². The molecule has 0 spiro atoms. The number of hydrazine groups is 1. The van der Waals surface area contributed by atoms with Gasteiger partial charge in [0.05, 0.1) is 4.90 Å². The second kappa shape index (κ2) is 8.30. The van der Waals surface area contributed by atoms with Crippen LogP contribution in [0.3, 0.4) is 0 Å². The summed E-state index contributed by atoms with van der Waals surface area (Å²) in [5, 5.41) is 11.5. The highest BCUT2D eigenvalue weighted by molar-refractivity contribution is 7.90. The number of rotatable bonds is 7. The van der Waals surface area contributed by atoms with Crippen LogP contribution in [0.25, 0.3) is 0 Å². The molecule has 7 heteroatoms. The van der Waals surface area contributed by atoms with Crippen LogP contribution in [0.1, 0.15) is 32.1 Å². The summed E-state index contributed by atoms with van der Waals surface area (Å²) in [5.74, 6) is 0.988. The second-order valence-electron chi connectivity index (χ2n) is 6.14. The van der Waals surface area contributed by atoms with Crippen molar-refractivity contribution >= 4 is 21.2 Å². The van der Waals surface area contributed by atoms with Gasteiger partial charge in [-0.2, -0.15) is 0 Å². The summed E-state index contributed by atoms with van der Waals surface area (Å²) in [4.78, 5) is 0.287. The Hall–Kier alpha value is -1.86. The van der Waals surface area contributed by atoms with E-state index < -0.39 is 9.84 Å². The quantitative estimate of drug-likeness (QED) is 0.448. The van der Waals surface area contributed by atoms with Gasteiger partial charge < -0.3 is 16.2 Å². The molecule has 1 aliphatic rings.